The first-order valence-corrected chi connectivity index (χ1v) is 4.89. The van der Waals surface area contributed by atoms with Gasteiger partial charge in [0.15, 0.2) is 0 Å². The van der Waals surface area contributed by atoms with Gasteiger partial charge < -0.3 is 4.90 Å². The molecule has 17 heavy (non-hydrogen) atoms. The maximum absolute atomic E-state index is 12.1. The molecule has 0 aliphatic carbocycles. The van der Waals surface area contributed by atoms with Crippen molar-refractivity contribution in [3.8, 4) is 0 Å². The van der Waals surface area contributed by atoms with Crippen LogP contribution in [0.3, 0.4) is 0 Å². The zero-order valence-electron chi connectivity index (χ0n) is 8.95. The van der Waals surface area contributed by atoms with Crippen molar-refractivity contribution in [2.75, 3.05) is 18.5 Å². The highest BCUT2D eigenvalue weighted by Crippen LogP contribution is 2.28. The summed E-state index contributed by atoms with van der Waals surface area (Å²) in [5, 5.41) is 0. The van der Waals surface area contributed by atoms with Gasteiger partial charge in [0.25, 0.3) is 5.91 Å². The fraction of sp³-hybridized carbons (Fsp3) is 0.273. The van der Waals surface area contributed by atoms with Crippen LogP contribution in [0, 0.1) is 0 Å². The van der Waals surface area contributed by atoms with Crippen LogP contribution in [0.25, 0.3) is 0 Å². The number of carbonyl (C=O) groups excluding carboxylic acids is 1. The Hall–Kier alpha value is -1.85. The van der Waals surface area contributed by atoms with E-state index in [2.05, 4.69) is 4.99 Å². The maximum atomic E-state index is 12.1. The summed E-state index contributed by atoms with van der Waals surface area (Å²) in [7, 11) is 1.51. The fourth-order valence-corrected chi connectivity index (χ4v) is 1.67. The third kappa shape index (κ3) is 2.15. The molecule has 6 heteroatoms. The van der Waals surface area contributed by atoms with Crippen molar-refractivity contribution in [1.29, 1.82) is 0 Å². The van der Waals surface area contributed by atoms with Gasteiger partial charge in [-0.2, -0.15) is 13.2 Å². The van der Waals surface area contributed by atoms with E-state index in [0.717, 1.165) is 0 Å². The van der Waals surface area contributed by atoms with E-state index in [1.807, 2.05) is 0 Å². The van der Waals surface area contributed by atoms with E-state index >= 15 is 0 Å². The number of anilines is 1. The van der Waals surface area contributed by atoms with Crippen LogP contribution < -0.4 is 4.90 Å². The molecule has 1 aromatic rings. The molecular weight excluding hydrogens is 233 g/mol. The van der Waals surface area contributed by atoms with Crippen LogP contribution in [0.2, 0.25) is 0 Å². The van der Waals surface area contributed by atoms with Crippen LogP contribution in [0.4, 0.5) is 18.9 Å². The van der Waals surface area contributed by atoms with Crippen LogP contribution >= 0.6 is 0 Å². The Bertz CT molecular complexity index is 494. The van der Waals surface area contributed by atoms with Crippen molar-refractivity contribution < 1.29 is 18.0 Å². The molecular formula is C11H9F3N2O. The molecule has 0 spiro atoms. The van der Waals surface area contributed by atoms with Crippen LogP contribution in [-0.4, -0.2) is 31.4 Å². The Morgan fingerprint density at radius 1 is 1.29 bits per heavy atom. The van der Waals surface area contributed by atoms with Gasteiger partial charge in [0.2, 0.25) is 0 Å². The molecule has 1 aliphatic heterocycles. The lowest BCUT2D eigenvalue weighted by Crippen LogP contribution is -2.26. The van der Waals surface area contributed by atoms with E-state index < -0.39 is 18.6 Å². The molecule has 1 aliphatic rings. The molecule has 0 aromatic heterocycles. The smallest absolute Gasteiger partial charge is 0.309 e. The Balaban J connectivity index is 2.40. The van der Waals surface area contributed by atoms with Crippen molar-refractivity contribution in [3.63, 3.8) is 0 Å². The number of aliphatic imine (C=N–C) groups is 1. The second-order valence-corrected chi connectivity index (χ2v) is 3.66. The monoisotopic (exact) mass is 242 g/mol. The molecule has 90 valence electrons. The highest BCUT2D eigenvalue weighted by molar-refractivity contribution is 6.54. The minimum Gasteiger partial charge on any atom is -0.309 e. The van der Waals surface area contributed by atoms with E-state index in [0.29, 0.717) is 11.3 Å². The average Bonchev–Trinajstić information content (AvgIpc) is 2.49. The summed E-state index contributed by atoms with van der Waals surface area (Å²) < 4.78 is 36.2. The number of amides is 1. The summed E-state index contributed by atoms with van der Waals surface area (Å²) in [6.45, 7) is -1.34. The summed E-state index contributed by atoms with van der Waals surface area (Å²) in [6.07, 6.45) is -4.40. The van der Waals surface area contributed by atoms with Crippen LogP contribution in [0.5, 0.6) is 0 Å². The summed E-state index contributed by atoms with van der Waals surface area (Å²) >= 11 is 0. The Kier molecular flexibility index (Phi) is 2.65. The van der Waals surface area contributed by atoms with Crippen molar-refractivity contribution in [2.45, 2.75) is 6.18 Å². The number of alkyl halides is 3. The minimum absolute atomic E-state index is 0.125. The number of likely N-dealkylation sites (N-methyl/N-ethyl adjacent to an activating group) is 1. The van der Waals surface area contributed by atoms with Gasteiger partial charge in [0, 0.05) is 12.6 Å². The van der Waals surface area contributed by atoms with Gasteiger partial charge in [0.05, 0.1) is 5.69 Å². The molecule has 3 nitrogen and oxygen atoms in total. The second-order valence-electron chi connectivity index (χ2n) is 3.66. The number of hydrogen-bond acceptors (Lipinski definition) is 2. The molecule has 0 N–H and O–H groups in total. The predicted octanol–water partition coefficient (Wildman–Crippen LogP) is 2.01. The Labute approximate surface area is 95.6 Å². The molecule has 1 heterocycles. The first-order valence-electron chi connectivity index (χ1n) is 4.89. The SMILES string of the molecule is CN1C(=O)C(=NCC(F)(F)F)c2ccccc21. The van der Waals surface area contributed by atoms with E-state index in [9.17, 15) is 18.0 Å². The molecule has 0 unspecified atom stereocenters. The van der Waals surface area contributed by atoms with Gasteiger partial charge in [-0.3, -0.25) is 9.79 Å². The second kappa shape index (κ2) is 3.87. The largest absolute Gasteiger partial charge is 0.407 e. The van der Waals surface area contributed by atoms with E-state index in [1.54, 1.807) is 24.3 Å². The first-order chi connectivity index (χ1) is 7.90. The van der Waals surface area contributed by atoms with Gasteiger partial charge in [-0.25, -0.2) is 0 Å². The quantitative estimate of drug-likeness (QED) is 0.741. The van der Waals surface area contributed by atoms with E-state index in [-0.39, 0.29) is 5.71 Å². The number of hydrogen-bond donors (Lipinski definition) is 0. The molecule has 0 atom stereocenters. The van der Waals surface area contributed by atoms with Gasteiger partial charge in [-0.05, 0) is 6.07 Å². The van der Waals surface area contributed by atoms with Crippen molar-refractivity contribution in [1.82, 2.24) is 0 Å². The summed E-state index contributed by atoms with van der Waals surface area (Å²) in [6, 6.07) is 6.64. The standard InChI is InChI=1S/C11H9F3N2O/c1-16-8-5-3-2-4-7(8)9(10(16)17)15-6-11(12,13)14/h2-5H,6H2,1H3. The third-order valence-electron chi connectivity index (χ3n) is 2.44. The lowest BCUT2D eigenvalue weighted by Gasteiger charge is -2.07. The number of para-hydroxylation sites is 1. The molecule has 0 bridgehead atoms. The number of nitrogens with zero attached hydrogens (tertiary/aromatic N) is 2. The average molecular weight is 242 g/mol. The number of rotatable bonds is 1. The first kappa shape index (κ1) is 11.6. The lowest BCUT2D eigenvalue weighted by atomic mass is 10.1. The van der Waals surface area contributed by atoms with Crippen molar-refractivity contribution >= 4 is 17.3 Å². The number of fused-ring (bicyclic) bond motifs is 1. The van der Waals surface area contributed by atoms with Crippen molar-refractivity contribution in [3.05, 3.63) is 29.8 Å². The molecule has 0 saturated carbocycles. The molecule has 0 saturated heterocycles. The van der Waals surface area contributed by atoms with Crippen LogP contribution in [-0.2, 0) is 4.79 Å². The molecule has 0 radical (unpaired) electrons. The Morgan fingerprint density at radius 2 is 1.94 bits per heavy atom. The summed E-state index contributed by atoms with van der Waals surface area (Å²) in [4.78, 5) is 16.4. The van der Waals surface area contributed by atoms with Gasteiger partial charge in [-0.15, -0.1) is 0 Å². The molecule has 0 fully saturated rings. The number of benzene rings is 1. The third-order valence-corrected chi connectivity index (χ3v) is 2.44. The number of carbonyl (C=O) groups is 1. The fourth-order valence-electron chi connectivity index (χ4n) is 1.67. The molecule has 2 rings (SSSR count). The van der Waals surface area contributed by atoms with E-state index in [1.165, 1.54) is 11.9 Å². The number of halogens is 3. The highest BCUT2D eigenvalue weighted by atomic mass is 19.4. The van der Waals surface area contributed by atoms with Crippen LogP contribution in [0.15, 0.2) is 29.3 Å². The predicted molar refractivity (Wildman–Crippen MR) is 57.3 cm³/mol. The maximum Gasteiger partial charge on any atom is 0.407 e. The summed E-state index contributed by atoms with van der Waals surface area (Å²) in [5.41, 5.74) is 0.906. The highest BCUT2D eigenvalue weighted by Gasteiger charge is 2.33. The van der Waals surface area contributed by atoms with Gasteiger partial charge in [-0.1, -0.05) is 18.2 Å². The normalized spacial score (nSPS) is 17.8. The summed E-state index contributed by atoms with van der Waals surface area (Å²) in [5.74, 6) is -0.504. The van der Waals surface area contributed by atoms with Gasteiger partial charge >= 0.3 is 6.18 Å². The zero-order valence-corrected chi connectivity index (χ0v) is 8.95. The Morgan fingerprint density at radius 3 is 2.59 bits per heavy atom. The van der Waals surface area contributed by atoms with Gasteiger partial charge in [0.1, 0.15) is 12.3 Å². The van der Waals surface area contributed by atoms with Crippen molar-refractivity contribution in [2.24, 2.45) is 4.99 Å². The zero-order chi connectivity index (χ0) is 12.6. The van der Waals surface area contributed by atoms with E-state index in [4.69, 9.17) is 0 Å². The topological polar surface area (TPSA) is 32.7 Å². The van der Waals surface area contributed by atoms with Crippen LogP contribution in [0.1, 0.15) is 5.56 Å². The molecule has 1 amide bonds. The molecule has 1 aromatic carbocycles. The lowest BCUT2D eigenvalue weighted by molar-refractivity contribution is -0.118. The minimum atomic E-state index is -4.40.